The standard InChI is InChI=1S/C25H24N4O3/c1-4-32-22-13-9-19(10-14-22)26-25(30)23-27-24(18-7-5-17(2)6-8-18)29(28-23)20-11-15-21(31-3)16-12-20/h5-16H,4H2,1-3H3,(H,26,30). The van der Waals surface area contributed by atoms with Crippen LogP contribution < -0.4 is 14.8 Å². The number of ether oxygens (including phenoxy) is 2. The predicted molar refractivity (Wildman–Crippen MR) is 124 cm³/mol. The van der Waals surface area contributed by atoms with Crippen LogP contribution in [0.1, 0.15) is 23.1 Å². The lowest BCUT2D eigenvalue weighted by Gasteiger charge is -2.07. The molecule has 0 bridgehead atoms. The number of rotatable bonds is 7. The second-order valence-corrected chi connectivity index (χ2v) is 7.15. The van der Waals surface area contributed by atoms with E-state index in [2.05, 4.69) is 15.4 Å². The fourth-order valence-corrected chi connectivity index (χ4v) is 3.19. The first kappa shape index (κ1) is 21.1. The molecule has 1 heterocycles. The van der Waals surface area contributed by atoms with E-state index < -0.39 is 5.91 Å². The molecule has 162 valence electrons. The first-order valence-electron chi connectivity index (χ1n) is 10.3. The Hall–Kier alpha value is -4.13. The molecule has 0 fully saturated rings. The van der Waals surface area contributed by atoms with Gasteiger partial charge in [0.05, 0.1) is 19.4 Å². The van der Waals surface area contributed by atoms with Crippen molar-refractivity contribution in [1.29, 1.82) is 0 Å². The Labute approximate surface area is 186 Å². The molecule has 0 unspecified atom stereocenters. The molecule has 1 aromatic heterocycles. The van der Waals surface area contributed by atoms with Gasteiger partial charge in [0.2, 0.25) is 5.82 Å². The number of nitrogens with zero attached hydrogens (tertiary/aromatic N) is 3. The molecule has 32 heavy (non-hydrogen) atoms. The van der Waals surface area contributed by atoms with Gasteiger partial charge in [-0.05, 0) is 62.4 Å². The number of aromatic nitrogens is 3. The second kappa shape index (κ2) is 9.34. The first-order chi connectivity index (χ1) is 15.6. The molecule has 3 aromatic carbocycles. The zero-order valence-electron chi connectivity index (χ0n) is 18.2. The van der Waals surface area contributed by atoms with E-state index in [0.717, 1.165) is 28.3 Å². The van der Waals surface area contributed by atoms with E-state index in [0.29, 0.717) is 18.1 Å². The average Bonchev–Trinajstić information content (AvgIpc) is 3.27. The van der Waals surface area contributed by atoms with Crippen molar-refractivity contribution in [2.45, 2.75) is 13.8 Å². The fraction of sp³-hybridized carbons (Fsp3) is 0.160. The minimum Gasteiger partial charge on any atom is -0.497 e. The SMILES string of the molecule is CCOc1ccc(NC(=O)c2nc(-c3ccc(C)cc3)n(-c3ccc(OC)cc3)n2)cc1. The van der Waals surface area contributed by atoms with Crippen molar-refractivity contribution >= 4 is 11.6 Å². The molecular weight excluding hydrogens is 404 g/mol. The van der Waals surface area contributed by atoms with E-state index >= 15 is 0 Å². The first-order valence-corrected chi connectivity index (χ1v) is 10.3. The minimum atomic E-state index is -0.394. The van der Waals surface area contributed by atoms with E-state index in [1.807, 2.05) is 62.4 Å². The van der Waals surface area contributed by atoms with Crippen molar-refractivity contribution in [1.82, 2.24) is 14.8 Å². The van der Waals surface area contributed by atoms with E-state index in [-0.39, 0.29) is 5.82 Å². The van der Waals surface area contributed by atoms with Gasteiger partial charge in [0.15, 0.2) is 5.82 Å². The average molecular weight is 428 g/mol. The maximum Gasteiger partial charge on any atom is 0.295 e. The fourth-order valence-electron chi connectivity index (χ4n) is 3.19. The van der Waals surface area contributed by atoms with Crippen molar-refractivity contribution in [3.63, 3.8) is 0 Å². The molecule has 1 amide bonds. The van der Waals surface area contributed by atoms with Crippen LogP contribution in [0.15, 0.2) is 72.8 Å². The highest BCUT2D eigenvalue weighted by Gasteiger charge is 2.19. The summed E-state index contributed by atoms with van der Waals surface area (Å²) in [5.41, 5.74) is 3.40. The lowest BCUT2D eigenvalue weighted by atomic mass is 10.1. The highest BCUT2D eigenvalue weighted by molar-refractivity contribution is 6.01. The zero-order valence-corrected chi connectivity index (χ0v) is 18.2. The van der Waals surface area contributed by atoms with Gasteiger partial charge in [-0.15, -0.1) is 5.10 Å². The Bertz CT molecular complexity index is 1200. The van der Waals surface area contributed by atoms with Crippen molar-refractivity contribution in [3.05, 3.63) is 84.2 Å². The molecule has 4 aromatic rings. The van der Waals surface area contributed by atoms with E-state index in [4.69, 9.17) is 9.47 Å². The van der Waals surface area contributed by atoms with Crippen LogP contribution in [-0.4, -0.2) is 34.4 Å². The van der Waals surface area contributed by atoms with Gasteiger partial charge in [-0.3, -0.25) is 4.79 Å². The summed E-state index contributed by atoms with van der Waals surface area (Å²) in [5, 5.41) is 7.35. The van der Waals surface area contributed by atoms with Crippen molar-refractivity contribution in [2.24, 2.45) is 0 Å². The molecular formula is C25H24N4O3. The van der Waals surface area contributed by atoms with Gasteiger partial charge in [0.1, 0.15) is 11.5 Å². The monoisotopic (exact) mass is 428 g/mol. The molecule has 0 saturated carbocycles. The highest BCUT2D eigenvalue weighted by atomic mass is 16.5. The number of anilines is 1. The van der Waals surface area contributed by atoms with Crippen LogP contribution >= 0.6 is 0 Å². The molecule has 0 atom stereocenters. The molecule has 0 radical (unpaired) electrons. The summed E-state index contributed by atoms with van der Waals surface area (Å²) in [6.07, 6.45) is 0. The zero-order chi connectivity index (χ0) is 22.5. The van der Waals surface area contributed by atoms with E-state index in [1.54, 1.807) is 36.1 Å². The summed E-state index contributed by atoms with van der Waals surface area (Å²) in [4.78, 5) is 17.5. The number of amides is 1. The summed E-state index contributed by atoms with van der Waals surface area (Å²) in [7, 11) is 1.62. The lowest BCUT2D eigenvalue weighted by Crippen LogP contribution is -2.14. The number of hydrogen-bond acceptors (Lipinski definition) is 5. The Balaban J connectivity index is 1.67. The Morgan fingerprint density at radius 1 is 0.938 bits per heavy atom. The maximum absolute atomic E-state index is 12.9. The van der Waals surface area contributed by atoms with Gasteiger partial charge in [-0.1, -0.05) is 29.8 Å². The highest BCUT2D eigenvalue weighted by Crippen LogP contribution is 2.24. The molecule has 4 rings (SSSR count). The molecule has 0 aliphatic carbocycles. The molecule has 0 aliphatic rings. The summed E-state index contributed by atoms with van der Waals surface area (Å²) in [6.45, 7) is 4.53. The topological polar surface area (TPSA) is 78.3 Å². The van der Waals surface area contributed by atoms with Gasteiger partial charge in [-0.2, -0.15) is 0 Å². The Morgan fingerprint density at radius 2 is 1.59 bits per heavy atom. The molecule has 7 nitrogen and oxygen atoms in total. The van der Waals surface area contributed by atoms with Gasteiger partial charge in [-0.25, -0.2) is 9.67 Å². The number of aryl methyl sites for hydroxylation is 1. The summed E-state index contributed by atoms with van der Waals surface area (Å²) < 4.78 is 12.4. The normalized spacial score (nSPS) is 10.6. The summed E-state index contributed by atoms with van der Waals surface area (Å²) in [6, 6.07) is 22.5. The van der Waals surface area contributed by atoms with Crippen LogP contribution in [0.3, 0.4) is 0 Å². The number of hydrogen-bond donors (Lipinski definition) is 1. The van der Waals surface area contributed by atoms with Crippen LogP contribution in [0.2, 0.25) is 0 Å². The second-order valence-electron chi connectivity index (χ2n) is 7.15. The third kappa shape index (κ3) is 4.62. The van der Waals surface area contributed by atoms with Crippen LogP contribution in [0.4, 0.5) is 5.69 Å². The van der Waals surface area contributed by atoms with Crippen LogP contribution in [-0.2, 0) is 0 Å². The summed E-state index contributed by atoms with van der Waals surface area (Å²) in [5.74, 6) is 1.74. The molecule has 0 spiro atoms. The molecule has 0 saturated heterocycles. The van der Waals surface area contributed by atoms with Gasteiger partial charge in [0, 0.05) is 11.3 Å². The Morgan fingerprint density at radius 3 is 2.22 bits per heavy atom. The number of methoxy groups -OCH3 is 1. The quantitative estimate of drug-likeness (QED) is 0.453. The lowest BCUT2D eigenvalue weighted by molar-refractivity contribution is 0.101. The number of nitrogens with one attached hydrogen (secondary N) is 1. The maximum atomic E-state index is 12.9. The van der Waals surface area contributed by atoms with Crippen molar-refractivity contribution in [2.75, 3.05) is 19.0 Å². The van der Waals surface area contributed by atoms with Gasteiger partial charge >= 0.3 is 0 Å². The van der Waals surface area contributed by atoms with Crippen LogP contribution in [0, 0.1) is 6.92 Å². The largest absolute Gasteiger partial charge is 0.497 e. The van der Waals surface area contributed by atoms with Crippen molar-refractivity contribution in [3.8, 4) is 28.6 Å². The molecule has 1 N–H and O–H groups in total. The third-order valence-corrected chi connectivity index (χ3v) is 4.86. The van der Waals surface area contributed by atoms with Crippen LogP contribution in [0.5, 0.6) is 11.5 Å². The van der Waals surface area contributed by atoms with Crippen LogP contribution in [0.25, 0.3) is 17.1 Å². The van der Waals surface area contributed by atoms with Gasteiger partial charge in [0.25, 0.3) is 5.91 Å². The summed E-state index contributed by atoms with van der Waals surface area (Å²) >= 11 is 0. The van der Waals surface area contributed by atoms with Gasteiger partial charge < -0.3 is 14.8 Å². The molecule has 0 aliphatic heterocycles. The van der Waals surface area contributed by atoms with Crippen molar-refractivity contribution < 1.29 is 14.3 Å². The number of carbonyl (C=O) groups excluding carboxylic acids is 1. The van der Waals surface area contributed by atoms with E-state index in [1.165, 1.54) is 0 Å². The number of carbonyl (C=O) groups is 1. The predicted octanol–water partition coefficient (Wildman–Crippen LogP) is 4.90. The number of benzene rings is 3. The minimum absolute atomic E-state index is 0.0743. The smallest absolute Gasteiger partial charge is 0.295 e. The Kier molecular flexibility index (Phi) is 6.17. The third-order valence-electron chi connectivity index (χ3n) is 4.86. The molecule has 7 heteroatoms. The van der Waals surface area contributed by atoms with E-state index in [9.17, 15) is 4.79 Å².